The smallest absolute Gasteiger partial charge is 0.339 e. The molecule has 0 unspecified atom stereocenters. The Balaban J connectivity index is 1.32. The Hall–Kier alpha value is -4.79. The molecule has 1 heterocycles. The first kappa shape index (κ1) is 26.8. The zero-order valence-corrected chi connectivity index (χ0v) is 22.1. The van der Waals surface area contributed by atoms with Gasteiger partial charge in [0.1, 0.15) is 5.75 Å². The summed E-state index contributed by atoms with van der Waals surface area (Å²) in [6.45, 7) is -0.507. The van der Waals surface area contributed by atoms with E-state index in [0.29, 0.717) is 27.2 Å². The lowest BCUT2D eigenvalue weighted by Gasteiger charge is -2.11. The van der Waals surface area contributed by atoms with E-state index in [-0.39, 0.29) is 33.3 Å². The second kappa shape index (κ2) is 11.5. The SMILES string of the molecule is O=C(COC(=O)c1cc(-c2ccccc2Cl)nc2ccccc12)c1ccc(Oc2c(Cl)cccc2[N+](=O)[O-])cc1. The van der Waals surface area contributed by atoms with Crippen molar-refractivity contribution in [3.63, 3.8) is 0 Å². The molecule has 0 bridgehead atoms. The van der Waals surface area contributed by atoms with Gasteiger partial charge in [0.25, 0.3) is 0 Å². The van der Waals surface area contributed by atoms with E-state index in [2.05, 4.69) is 4.98 Å². The van der Waals surface area contributed by atoms with Crippen LogP contribution in [0.3, 0.4) is 0 Å². The first-order valence-corrected chi connectivity index (χ1v) is 12.6. The average Bonchev–Trinajstić information content (AvgIpc) is 2.96. The number of hydrogen-bond acceptors (Lipinski definition) is 7. The normalized spacial score (nSPS) is 10.8. The largest absolute Gasteiger partial charge is 0.454 e. The van der Waals surface area contributed by atoms with Crippen LogP contribution in [0.5, 0.6) is 11.5 Å². The van der Waals surface area contributed by atoms with E-state index in [1.165, 1.54) is 42.5 Å². The summed E-state index contributed by atoms with van der Waals surface area (Å²) >= 11 is 12.4. The van der Waals surface area contributed by atoms with E-state index in [1.807, 2.05) is 12.1 Å². The molecule has 1 aromatic heterocycles. The second-order valence-corrected chi connectivity index (χ2v) is 9.34. The van der Waals surface area contributed by atoms with Crippen molar-refractivity contribution < 1.29 is 24.0 Å². The number of para-hydroxylation sites is 2. The van der Waals surface area contributed by atoms with Gasteiger partial charge in [0, 0.05) is 27.6 Å². The standard InChI is InChI=1S/C30H18Cl2N2O6/c31-23-8-3-1-7-21(23)26-16-22(20-6-2-4-10-25(20)33-26)30(36)39-17-28(35)18-12-14-19(15-13-18)40-29-24(32)9-5-11-27(29)34(37)38/h1-16H,17H2. The number of ether oxygens (including phenoxy) is 2. The number of nitro benzene ring substituents is 1. The van der Waals surface area contributed by atoms with Crippen molar-refractivity contribution in [3.8, 4) is 22.8 Å². The van der Waals surface area contributed by atoms with E-state index < -0.39 is 23.3 Å². The molecule has 0 saturated carbocycles. The number of nitrogens with zero attached hydrogens (tertiary/aromatic N) is 2. The van der Waals surface area contributed by atoms with Crippen LogP contribution in [0.2, 0.25) is 10.0 Å². The topological polar surface area (TPSA) is 109 Å². The third kappa shape index (κ3) is 5.63. The zero-order valence-electron chi connectivity index (χ0n) is 20.5. The van der Waals surface area contributed by atoms with Crippen LogP contribution in [0.25, 0.3) is 22.2 Å². The fourth-order valence-electron chi connectivity index (χ4n) is 4.01. The van der Waals surface area contributed by atoms with Gasteiger partial charge in [0.05, 0.1) is 26.7 Å². The van der Waals surface area contributed by atoms with Gasteiger partial charge in [-0.3, -0.25) is 14.9 Å². The van der Waals surface area contributed by atoms with Gasteiger partial charge in [0.15, 0.2) is 12.4 Å². The van der Waals surface area contributed by atoms with Crippen molar-refractivity contribution in [2.75, 3.05) is 6.61 Å². The Morgan fingerprint density at radius 3 is 2.30 bits per heavy atom. The molecule has 4 aromatic carbocycles. The summed E-state index contributed by atoms with van der Waals surface area (Å²) in [6.07, 6.45) is 0. The highest BCUT2D eigenvalue weighted by atomic mass is 35.5. The Bertz CT molecular complexity index is 1770. The molecule has 10 heteroatoms. The van der Waals surface area contributed by atoms with Crippen molar-refractivity contribution in [1.29, 1.82) is 0 Å². The number of aromatic nitrogens is 1. The van der Waals surface area contributed by atoms with Crippen LogP contribution in [-0.2, 0) is 4.74 Å². The summed E-state index contributed by atoms with van der Waals surface area (Å²) in [5.74, 6) is -1.01. The number of ketones is 1. The molecule has 0 aliphatic rings. The number of rotatable bonds is 8. The van der Waals surface area contributed by atoms with Crippen molar-refractivity contribution in [2.24, 2.45) is 0 Å². The lowest BCUT2D eigenvalue weighted by Crippen LogP contribution is -2.15. The van der Waals surface area contributed by atoms with Gasteiger partial charge < -0.3 is 9.47 Å². The number of halogens is 2. The first-order chi connectivity index (χ1) is 19.3. The van der Waals surface area contributed by atoms with E-state index >= 15 is 0 Å². The molecular formula is C30H18Cl2N2O6. The third-order valence-corrected chi connectivity index (χ3v) is 6.59. The van der Waals surface area contributed by atoms with E-state index in [0.717, 1.165) is 0 Å². The Kier molecular flexibility index (Phi) is 7.72. The quantitative estimate of drug-likeness (QED) is 0.0802. The van der Waals surface area contributed by atoms with Crippen LogP contribution in [0.1, 0.15) is 20.7 Å². The Morgan fingerprint density at radius 2 is 1.55 bits per heavy atom. The van der Waals surface area contributed by atoms with Crippen LogP contribution in [0, 0.1) is 10.1 Å². The van der Waals surface area contributed by atoms with Crippen molar-refractivity contribution in [3.05, 3.63) is 128 Å². The molecule has 8 nitrogen and oxygen atoms in total. The van der Waals surface area contributed by atoms with Crippen LogP contribution >= 0.6 is 23.2 Å². The summed E-state index contributed by atoms with van der Waals surface area (Å²) in [4.78, 5) is 41.2. The number of Topliss-reactive ketones (excluding diaryl/α,β-unsaturated/α-hetero) is 1. The molecule has 0 spiro atoms. The number of carbonyl (C=O) groups excluding carboxylic acids is 2. The van der Waals surface area contributed by atoms with E-state index in [1.54, 1.807) is 42.5 Å². The molecule has 5 aromatic rings. The van der Waals surface area contributed by atoms with Gasteiger partial charge in [0.2, 0.25) is 5.75 Å². The highest BCUT2D eigenvalue weighted by Crippen LogP contribution is 2.38. The number of fused-ring (bicyclic) bond motifs is 1. The minimum absolute atomic E-state index is 0.0718. The molecule has 40 heavy (non-hydrogen) atoms. The lowest BCUT2D eigenvalue weighted by atomic mass is 10.0. The van der Waals surface area contributed by atoms with Gasteiger partial charge in [-0.15, -0.1) is 0 Å². The van der Waals surface area contributed by atoms with Crippen LogP contribution in [0.4, 0.5) is 5.69 Å². The minimum atomic E-state index is -0.689. The molecule has 0 aliphatic heterocycles. The molecule has 0 amide bonds. The van der Waals surface area contributed by atoms with Gasteiger partial charge >= 0.3 is 11.7 Å². The zero-order chi connectivity index (χ0) is 28.2. The monoisotopic (exact) mass is 572 g/mol. The summed E-state index contributed by atoms with van der Waals surface area (Å²) < 4.78 is 11.0. The first-order valence-electron chi connectivity index (χ1n) is 11.9. The average molecular weight is 573 g/mol. The maximum Gasteiger partial charge on any atom is 0.339 e. The maximum absolute atomic E-state index is 13.1. The molecule has 0 radical (unpaired) electrons. The molecule has 0 atom stereocenters. The van der Waals surface area contributed by atoms with Crippen molar-refractivity contribution in [2.45, 2.75) is 0 Å². The molecule has 0 aliphatic carbocycles. The summed E-state index contributed by atoms with van der Waals surface area (Å²) in [7, 11) is 0. The number of esters is 1. The number of hydrogen-bond donors (Lipinski definition) is 0. The molecule has 0 fully saturated rings. The van der Waals surface area contributed by atoms with Gasteiger partial charge in [-0.2, -0.15) is 0 Å². The summed E-state index contributed by atoms with van der Waals surface area (Å²) in [5, 5.41) is 12.4. The van der Waals surface area contributed by atoms with Crippen molar-refractivity contribution in [1.82, 2.24) is 4.98 Å². The fraction of sp³-hybridized carbons (Fsp3) is 0.0333. The van der Waals surface area contributed by atoms with Gasteiger partial charge in [-0.25, -0.2) is 9.78 Å². The van der Waals surface area contributed by atoms with E-state index in [9.17, 15) is 19.7 Å². The number of nitro groups is 1. The fourth-order valence-corrected chi connectivity index (χ4v) is 4.45. The summed E-state index contributed by atoms with van der Waals surface area (Å²) in [5.41, 5.74) is 1.94. The Labute approximate surface area is 237 Å². The summed E-state index contributed by atoms with van der Waals surface area (Å²) in [6, 6.07) is 25.9. The second-order valence-electron chi connectivity index (χ2n) is 8.52. The molecule has 0 N–H and O–H groups in total. The minimum Gasteiger partial charge on any atom is -0.454 e. The van der Waals surface area contributed by atoms with Crippen LogP contribution in [0.15, 0.2) is 97.1 Å². The van der Waals surface area contributed by atoms with Crippen molar-refractivity contribution >= 4 is 51.5 Å². The Morgan fingerprint density at radius 1 is 0.850 bits per heavy atom. The molecule has 5 rings (SSSR count). The van der Waals surface area contributed by atoms with Gasteiger partial charge in [-0.1, -0.05) is 65.7 Å². The van der Waals surface area contributed by atoms with Crippen LogP contribution in [-0.4, -0.2) is 28.3 Å². The predicted molar refractivity (Wildman–Crippen MR) is 151 cm³/mol. The number of benzene rings is 4. The third-order valence-electron chi connectivity index (χ3n) is 5.96. The highest BCUT2D eigenvalue weighted by Gasteiger charge is 2.20. The number of pyridine rings is 1. The lowest BCUT2D eigenvalue weighted by molar-refractivity contribution is -0.385. The maximum atomic E-state index is 13.1. The molecule has 198 valence electrons. The molecule has 0 saturated heterocycles. The predicted octanol–water partition coefficient (Wildman–Crippen LogP) is 7.95. The molecular weight excluding hydrogens is 555 g/mol. The van der Waals surface area contributed by atoms with E-state index in [4.69, 9.17) is 32.7 Å². The van der Waals surface area contributed by atoms with Gasteiger partial charge in [-0.05, 0) is 48.5 Å². The van der Waals surface area contributed by atoms with Crippen LogP contribution < -0.4 is 4.74 Å². The highest BCUT2D eigenvalue weighted by molar-refractivity contribution is 6.33. The number of carbonyl (C=O) groups is 2.